The fraction of sp³-hybridized carbons (Fsp3) is 0.409. The molecule has 2 aromatic rings. The monoisotopic (exact) mass is 334 g/mol. The van der Waals surface area contributed by atoms with Crippen LogP contribution in [-0.2, 0) is 19.4 Å². The lowest BCUT2D eigenvalue weighted by molar-refractivity contribution is 0.0761. The van der Waals surface area contributed by atoms with Gasteiger partial charge in [-0.3, -0.25) is 9.69 Å². The lowest BCUT2D eigenvalue weighted by Crippen LogP contribution is -2.35. The van der Waals surface area contributed by atoms with Crippen molar-refractivity contribution in [3.63, 3.8) is 0 Å². The third-order valence-corrected chi connectivity index (χ3v) is 5.47. The smallest absolute Gasteiger partial charge is 0.253 e. The molecule has 1 saturated heterocycles. The number of nitrogens with zero attached hydrogens (tertiary/aromatic N) is 2. The Morgan fingerprint density at radius 3 is 2.56 bits per heavy atom. The highest BCUT2D eigenvalue weighted by Gasteiger charge is 2.21. The molecule has 0 bridgehead atoms. The largest absolute Gasteiger partial charge is 0.337 e. The number of aryl methyl sites for hydroxylation is 2. The van der Waals surface area contributed by atoms with E-state index in [1.807, 2.05) is 11.0 Å². The average molecular weight is 334 g/mol. The fourth-order valence-corrected chi connectivity index (χ4v) is 4.06. The quantitative estimate of drug-likeness (QED) is 0.857. The van der Waals surface area contributed by atoms with E-state index in [-0.39, 0.29) is 5.91 Å². The molecule has 2 aliphatic rings. The molecule has 1 aliphatic heterocycles. The Hall–Kier alpha value is -2.13. The molecule has 3 heteroatoms. The second kappa shape index (κ2) is 7.40. The second-order valence-electron chi connectivity index (χ2n) is 7.24. The highest BCUT2D eigenvalue weighted by atomic mass is 16.2. The van der Waals surface area contributed by atoms with Gasteiger partial charge in [0.15, 0.2) is 0 Å². The van der Waals surface area contributed by atoms with Crippen LogP contribution in [0, 0.1) is 0 Å². The fourth-order valence-electron chi connectivity index (χ4n) is 4.06. The highest BCUT2D eigenvalue weighted by molar-refractivity contribution is 5.94. The minimum Gasteiger partial charge on any atom is -0.337 e. The molecule has 0 radical (unpaired) electrons. The molecule has 0 N–H and O–H groups in total. The molecule has 3 nitrogen and oxygen atoms in total. The van der Waals surface area contributed by atoms with E-state index >= 15 is 0 Å². The number of benzene rings is 2. The predicted molar refractivity (Wildman–Crippen MR) is 101 cm³/mol. The number of hydrogen-bond donors (Lipinski definition) is 0. The zero-order chi connectivity index (χ0) is 17.1. The maximum absolute atomic E-state index is 12.9. The molecule has 25 heavy (non-hydrogen) atoms. The van der Waals surface area contributed by atoms with Crippen molar-refractivity contribution in [2.45, 2.75) is 32.2 Å². The zero-order valence-electron chi connectivity index (χ0n) is 14.8. The Labute approximate surface area is 150 Å². The van der Waals surface area contributed by atoms with Gasteiger partial charge < -0.3 is 4.90 Å². The second-order valence-corrected chi connectivity index (χ2v) is 7.24. The van der Waals surface area contributed by atoms with Gasteiger partial charge >= 0.3 is 0 Å². The zero-order valence-corrected chi connectivity index (χ0v) is 14.8. The number of carbonyl (C=O) groups is 1. The van der Waals surface area contributed by atoms with Crippen molar-refractivity contribution in [3.8, 4) is 0 Å². The summed E-state index contributed by atoms with van der Waals surface area (Å²) in [5, 5.41) is 0. The summed E-state index contributed by atoms with van der Waals surface area (Å²) in [6, 6.07) is 16.9. The lowest BCUT2D eigenvalue weighted by atomic mass is 10.1. The van der Waals surface area contributed by atoms with E-state index in [0.717, 1.165) is 51.1 Å². The first kappa shape index (κ1) is 16.3. The summed E-state index contributed by atoms with van der Waals surface area (Å²) < 4.78 is 0. The van der Waals surface area contributed by atoms with Crippen molar-refractivity contribution < 1.29 is 4.79 Å². The maximum Gasteiger partial charge on any atom is 0.253 e. The van der Waals surface area contributed by atoms with Crippen molar-refractivity contribution in [1.29, 1.82) is 0 Å². The number of fused-ring (bicyclic) bond motifs is 1. The third kappa shape index (κ3) is 3.77. The summed E-state index contributed by atoms with van der Waals surface area (Å²) in [6.45, 7) is 4.67. The topological polar surface area (TPSA) is 23.6 Å². The molecule has 0 saturated carbocycles. The van der Waals surface area contributed by atoms with E-state index < -0.39 is 0 Å². The van der Waals surface area contributed by atoms with E-state index in [1.54, 1.807) is 0 Å². The Kier molecular flexibility index (Phi) is 4.84. The Balaban J connectivity index is 1.39. The molecular formula is C22H26N2O. The maximum atomic E-state index is 12.9. The van der Waals surface area contributed by atoms with Gasteiger partial charge in [0.2, 0.25) is 0 Å². The van der Waals surface area contributed by atoms with Crippen LogP contribution in [-0.4, -0.2) is 41.9 Å². The molecule has 4 rings (SSSR count). The van der Waals surface area contributed by atoms with E-state index in [1.165, 1.54) is 29.5 Å². The van der Waals surface area contributed by atoms with Crippen LogP contribution in [0.25, 0.3) is 0 Å². The SMILES string of the molecule is O=C(c1ccc2c(c1)CCC2)N1CCCN(Cc2ccccc2)CC1. The van der Waals surface area contributed by atoms with Gasteiger partial charge in [0, 0.05) is 38.3 Å². The molecule has 0 unspecified atom stereocenters. The number of carbonyl (C=O) groups excluding carboxylic acids is 1. The number of rotatable bonds is 3. The van der Waals surface area contributed by atoms with Crippen molar-refractivity contribution in [2.24, 2.45) is 0 Å². The Morgan fingerprint density at radius 2 is 1.68 bits per heavy atom. The molecule has 1 aliphatic carbocycles. The first-order valence-electron chi connectivity index (χ1n) is 9.47. The molecule has 0 atom stereocenters. The first-order chi connectivity index (χ1) is 12.3. The van der Waals surface area contributed by atoms with Gasteiger partial charge in [0.25, 0.3) is 5.91 Å². The molecule has 0 aromatic heterocycles. The molecule has 1 heterocycles. The summed E-state index contributed by atoms with van der Waals surface area (Å²) in [5.41, 5.74) is 5.03. The van der Waals surface area contributed by atoms with Gasteiger partial charge in [-0.1, -0.05) is 36.4 Å². The van der Waals surface area contributed by atoms with Crippen LogP contribution in [0.5, 0.6) is 0 Å². The van der Waals surface area contributed by atoms with E-state index in [2.05, 4.69) is 47.4 Å². The van der Waals surface area contributed by atoms with Crippen molar-refractivity contribution in [3.05, 3.63) is 70.8 Å². The molecule has 1 fully saturated rings. The van der Waals surface area contributed by atoms with Crippen LogP contribution in [0.15, 0.2) is 48.5 Å². The molecule has 130 valence electrons. The van der Waals surface area contributed by atoms with Gasteiger partial charge in [-0.2, -0.15) is 0 Å². The minimum atomic E-state index is 0.205. The molecule has 2 aromatic carbocycles. The molecule has 0 spiro atoms. The van der Waals surface area contributed by atoms with Crippen LogP contribution in [0.2, 0.25) is 0 Å². The minimum absolute atomic E-state index is 0.205. The normalized spacial score (nSPS) is 18.0. The first-order valence-corrected chi connectivity index (χ1v) is 9.47. The van der Waals surface area contributed by atoms with Gasteiger partial charge in [0.1, 0.15) is 0 Å². The van der Waals surface area contributed by atoms with Crippen LogP contribution >= 0.6 is 0 Å². The van der Waals surface area contributed by atoms with Crippen molar-refractivity contribution in [1.82, 2.24) is 9.80 Å². The lowest BCUT2D eigenvalue weighted by Gasteiger charge is -2.22. The summed E-state index contributed by atoms with van der Waals surface area (Å²) >= 11 is 0. The van der Waals surface area contributed by atoms with Crippen LogP contribution in [0.4, 0.5) is 0 Å². The average Bonchev–Trinajstić information content (AvgIpc) is 3.00. The number of amides is 1. The van der Waals surface area contributed by atoms with Crippen LogP contribution in [0.3, 0.4) is 0 Å². The van der Waals surface area contributed by atoms with Crippen LogP contribution < -0.4 is 0 Å². The van der Waals surface area contributed by atoms with Crippen molar-refractivity contribution >= 4 is 5.91 Å². The van der Waals surface area contributed by atoms with E-state index in [0.29, 0.717) is 0 Å². The Bertz CT molecular complexity index is 741. The Morgan fingerprint density at radius 1 is 0.840 bits per heavy atom. The molecular weight excluding hydrogens is 308 g/mol. The van der Waals surface area contributed by atoms with Gasteiger partial charge in [0.05, 0.1) is 0 Å². The highest BCUT2D eigenvalue weighted by Crippen LogP contribution is 2.23. The number of hydrogen-bond acceptors (Lipinski definition) is 2. The van der Waals surface area contributed by atoms with Gasteiger partial charge in [-0.05, 0) is 54.5 Å². The van der Waals surface area contributed by atoms with Crippen LogP contribution in [0.1, 0.15) is 39.9 Å². The van der Waals surface area contributed by atoms with E-state index in [9.17, 15) is 4.79 Å². The standard InChI is InChI=1S/C22H26N2O/c25-22(21-11-10-19-8-4-9-20(19)16-21)24-13-5-12-23(14-15-24)17-18-6-2-1-3-7-18/h1-3,6-7,10-11,16H,4-5,8-9,12-15,17H2. The summed E-state index contributed by atoms with van der Waals surface area (Å²) in [6.07, 6.45) is 4.57. The van der Waals surface area contributed by atoms with Gasteiger partial charge in [-0.25, -0.2) is 0 Å². The predicted octanol–water partition coefficient (Wildman–Crippen LogP) is 3.52. The van der Waals surface area contributed by atoms with Crippen molar-refractivity contribution in [2.75, 3.05) is 26.2 Å². The summed E-state index contributed by atoms with van der Waals surface area (Å²) in [4.78, 5) is 17.4. The summed E-state index contributed by atoms with van der Waals surface area (Å²) in [5.74, 6) is 0.205. The van der Waals surface area contributed by atoms with Gasteiger partial charge in [-0.15, -0.1) is 0 Å². The molecule has 1 amide bonds. The third-order valence-electron chi connectivity index (χ3n) is 5.47. The summed E-state index contributed by atoms with van der Waals surface area (Å²) in [7, 11) is 0. The van der Waals surface area contributed by atoms with E-state index in [4.69, 9.17) is 0 Å².